The third-order valence-corrected chi connectivity index (χ3v) is 3.46. The van der Waals surface area contributed by atoms with Crippen LogP contribution in [0.5, 0.6) is 0 Å². The van der Waals surface area contributed by atoms with Crippen LogP contribution in [0.2, 0.25) is 0 Å². The standard InChI is InChI=1S/C15H17N3/c16-15-6-5-12(9-17-15)10-18-8-7-13-3-1-2-4-14(13)11-18/h1-6,9H,7-8,10-11H2,(H2,16,17). The van der Waals surface area contributed by atoms with E-state index in [9.17, 15) is 0 Å². The Morgan fingerprint density at radius 2 is 1.94 bits per heavy atom. The van der Waals surface area contributed by atoms with Crippen molar-refractivity contribution >= 4 is 5.82 Å². The molecule has 0 atom stereocenters. The van der Waals surface area contributed by atoms with Crippen LogP contribution in [0.25, 0.3) is 0 Å². The van der Waals surface area contributed by atoms with Crippen LogP contribution < -0.4 is 5.73 Å². The van der Waals surface area contributed by atoms with Crippen molar-refractivity contribution < 1.29 is 0 Å². The number of nitrogen functional groups attached to an aromatic ring is 1. The average molecular weight is 239 g/mol. The number of benzene rings is 1. The van der Waals surface area contributed by atoms with Gasteiger partial charge in [-0.2, -0.15) is 0 Å². The van der Waals surface area contributed by atoms with E-state index >= 15 is 0 Å². The number of pyridine rings is 1. The first-order chi connectivity index (χ1) is 8.81. The van der Waals surface area contributed by atoms with Crippen LogP contribution in [0, 0.1) is 0 Å². The molecular weight excluding hydrogens is 222 g/mol. The molecule has 1 aromatic heterocycles. The van der Waals surface area contributed by atoms with Gasteiger partial charge in [0.2, 0.25) is 0 Å². The van der Waals surface area contributed by atoms with Crippen molar-refractivity contribution in [2.75, 3.05) is 12.3 Å². The van der Waals surface area contributed by atoms with E-state index < -0.39 is 0 Å². The van der Waals surface area contributed by atoms with Crippen LogP contribution in [0.4, 0.5) is 5.82 Å². The Labute approximate surface area is 107 Å². The molecule has 0 radical (unpaired) electrons. The van der Waals surface area contributed by atoms with Gasteiger partial charge in [0.15, 0.2) is 0 Å². The molecule has 3 nitrogen and oxygen atoms in total. The monoisotopic (exact) mass is 239 g/mol. The Kier molecular flexibility index (Phi) is 2.99. The van der Waals surface area contributed by atoms with Gasteiger partial charge in [-0.15, -0.1) is 0 Å². The van der Waals surface area contributed by atoms with E-state index in [4.69, 9.17) is 5.73 Å². The molecule has 0 aliphatic carbocycles. The lowest BCUT2D eigenvalue weighted by Crippen LogP contribution is -2.30. The number of anilines is 1. The maximum absolute atomic E-state index is 5.60. The molecule has 1 aromatic carbocycles. The second kappa shape index (κ2) is 4.78. The molecule has 1 aliphatic heterocycles. The van der Waals surface area contributed by atoms with Gasteiger partial charge < -0.3 is 5.73 Å². The van der Waals surface area contributed by atoms with Crippen LogP contribution in [-0.4, -0.2) is 16.4 Å². The van der Waals surface area contributed by atoms with Crippen LogP contribution in [0.3, 0.4) is 0 Å². The van der Waals surface area contributed by atoms with E-state index in [1.54, 1.807) is 0 Å². The van der Waals surface area contributed by atoms with Crippen molar-refractivity contribution in [3.63, 3.8) is 0 Å². The highest BCUT2D eigenvalue weighted by molar-refractivity contribution is 5.31. The molecule has 0 saturated heterocycles. The van der Waals surface area contributed by atoms with Crippen molar-refractivity contribution in [3.05, 3.63) is 59.3 Å². The molecule has 0 unspecified atom stereocenters. The number of nitrogens with two attached hydrogens (primary N) is 1. The largest absolute Gasteiger partial charge is 0.384 e. The van der Waals surface area contributed by atoms with Gasteiger partial charge >= 0.3 is 0 Å². The smallest absolute Gasteiger partial charge is 0.123 e. The average Bonchev–Trinajstić information content (AvgIpc) is 2.41. The van der Waals surface area contributed by atoms with Gasteiger partial charge in [0.1, 0.15) is 5.82 Å². The van der Waals surface area contributed by atoms with Gasteiger partial charge in [-0.1, -0.05) is 30.3 Å². The van der Waals surface area contributed by atoms with Gasteiger partial charge in [-0.25, -0.2) is 4.98 Å². The molecule has 18 heavy (non-hydrogen) atoms. The number of nitrogens with zero attached hydrogens (tertiary/aromatic N) is 2. The highest BCUT2D eigenvalue weighted by Gasteiger charge is 2.15. The minimum Gasteiger partial charge on any atom is -0.384 e. The predicted octanol–water partition coefficient (Wildman–Crippen LogP) is 2.22. The van der Waals surface area contributed by atoms with E-state index in [-0.39, 0.29) is 0 Å². The maximum Gasteiger partial charge on any atom is 0.123 e. The summed E-state index contributed by atoms with van der Waals surface area (Å²) in [6.07, 6.45) is 3.01. The van der Waals surface area contributed by atoms with Crippen molar-refractivity contribution in [1.82, 2.24) is 9.88 Å². The van der Waals surface area contributed by atoms with Gasteiger partial charge in [0.05, 0.1) is 0 Å². The summed E-state index contributed by atoms with van der Waals surface area (Å²) >= 11 is 0. The minimum atomic E-state index is 0.586. The maximum atomic E-state index is 5.60. The zero-order chi connectivity index (χ0) is 12.4. The molecule has 2 aromatic rings. The Morgan fingerprint density at radius 3 is 2.72 bits per heavy atom. The van der Waals surface area contributed by atoms with Crippen LogP contribution in [0.15, 0.2) is 42.6 Å². The number of fused-ring (bicyclic) bond motifs is 1. The van der Waals surface area contributed by atoms with Gasteiger partial charge in [0.25, 0.3) is 0 Å². The minimum absolute atomic E-state index is 0.586. The fraction of sp³-hybridized carbons (Fsp3) is 0.267. The van der Waals surface area contributed by atoms with E-state index in [0.717, 1.165) is 26.1 Å². The molecule has 0 amide bonds. The van der Waals surface area contributed by atoms with Gasteiger partial charge in [-0.05, 0) is 29.2 Å². The first kappa shape index (κ1) is 11.2. The summed E-state index contributed by atoms with van der Waals surface area (Å²) in [5, 5.41) is 0. The summed E-state index contributed by atoms with van der Waals surface area (Å²) < 4.78 is 0. The predicted molar refractivity (Wildman–Crippen MR) is 72.9 cm³/mol. The second-order valence-electron chi connectivity index (χ2n) is 4.82. The molecule has 0 saturated carbocycles. The first-order valence-electron chi connectivity index (χ1n) is 6.31. The van der Waals surface area contributed by atoms with Gasteiger partial charge in [0, 0.05) is 25.8 Å². The summed E-state index contributed by atoms with van der Waals surface area (Å²) in [6, 6.07) is 12.6. The summed E-state index contributed by atoms with van der Waals surface area (Å²) in [6.45, 7) is 3.09. The third kappa shape index (κ3) is 2.36. The summed E-state index contributed by atoms with van der Waals surface area (Å²) in [7, 11) is 0. The quantitative estimate of drug-likeness (QED) is 0.873. The fourth-order valence-electron chi connectivity index (χ4n) is 2.48. The van der Waals surface area contributed by atoms with Crippen LogP contribution >= 0.6 is 0 Å². The molecular formula is C15H17N3. The Balaban J connectivity index is 1.71. The highest BCUT2D eigenvalue weighted by atomic mass is 15.1. The Bertz CT molecular complexity index is 534. The number of aromatic nitrogens is 1. The zero-order valence-electron chi connectivity index (χ0n) is 10.3. The van der Waals surface area contributed by atoms with E-state index in [2.05, 4.69) is 40.2 Å². The molecule has 92 valence electrons. The lowest BCUT2D eigenvalue weighted by atomic mass is 10.00. The van der Waals surface area contributed by atoms with Crippen LogP contribution in [-0.2, 0) is 19.5 Å². The number of rotatable bonds is 2. The van der Waals surface area contributed by atoms with Crippen molar-refractivity contribution in [1.29, 1.82) is 0 Å². The number of hydrogen-bond donors (Lipinski definition) is 1. The Hall–Kier alpha value is -1.87. The van der Waals surface area contributed by atoms with E-state index in [0.29, 0.717) is 5.82 Å². The lowest BCUT2D eigenvalue weighted by molar-refractivity contribution is 0.245. The van der Waals surface area contributed by atoms with Crippen molar-refractivity contribution in [2.24, 2.45) is 0 Å². The summed E-state index contributed by atoms with van der Waals surface area (Å²) in [5.41, 5.74) is 9.76. The topological polar surface area (TPSA) is 42.1 Å². The summed E-state index contributed by atoms with van der Waals surface area (Å²) in [4.78, 5) is 6.59. The molecule has 3 rings (SSSR count). The van der Waals surface area contributed by atoms with Crippen LogP contribution in [0.1, 0.15) is 16.7 Å². The Morgan fingerprint density at radius 1 is 1.11 bits per heavy atom. The molecule has 0 fully saturated rings. The third-order valence-electron chi connectivity index (χ3n) is 3.46. The SMILES string of the molecule is Nc1ccc(CN2CCc3ccccc3C2)cn1. The molecule has 0 bridgehead atoms. The van der Waals surface area contributed by atoms with E-state index in [1.807, 2.05) is 12.3 Å². The molecule has 1 aliphatic rings. The normalized spacial score (nSPS) is 15.3. The molecule has 0 spiro atoms. The molecule has 3 heteroatoms. The highest BCUT2D eigenvalue weighted by Crippen LogP contribution is 2.20. The fourth-order valence-corrected chi connectivity index (χ4v) is 2.48. The summed E-state index contributed by atoms with van der Waals surface area (Å²) in [5.74, 6) is 0.586. The zero-order valence-corrected chi connectivity index (χ0v) is 10.3. The molecule has 2 N–H and O–H groups in total. The number of hydrogen-bond acceptors (Lipinski definition) is 3. The lowest BCUT2D eigenvalue weighted by Gasteiger charge is -2.28. The first-order valence-corrected chi connectivity index (χ1v) is 6.31. The second-order valence-corrected chi connectivity index (χ2v) is 4.82. The molecule has 2 heterocycles. The van der Waals surface area contributed by atoms with Crippen molar-refractivity contribution in [2.45, 2.75) is 19.5 Å². The van der Waals surface area contributed by atoms with E-state index in [1.165, 1.54) is 16.7 Å². The van der Waals surface area contributed by atoms with Crippen molar-refractivity contribution in [3.8, 4) is 0 Å². The van der Waals surface area contributed by atoms with Gasteiger partial charge in [-0.3, -0.25) is 4.90 Å².